The number of carbonyl (C=O) groups excluding carboxylic acids is 1. The molecular formula is C25H25N4O3+. The average Bonchev–Trinajstić information content (AvgIpc) is 3.43. The van der Waals surface area contributed by atoms with Gasteiger partial charge in [0.05, 0.1) is 0 Å². The predicted octanol–water partition coefficient (Wildman–Crippen LogP) is 4.55. The van der Waals surface area contributed by atoms with Gasteiger partial charge >= 0.3 is 11.7 Å². The highest BCUT2D eigenvalue weighted by Crippen LogP contribution is 2.31. The van der Waals surface area contributed by atoms with Crippen molar-refractivity contribution in [2.45, 2.75) is 44.6 Å². The first kappa shape index (κ1) is 20.3. The van der Waals surface area contributed by atoms with Crippen molar-refractivity contribution in [2.75, 3.05) is 5.32 Å². The number of anilines is 1. The number of phenolic OH excluding ortho intramolecular Hbond substituents is 1. The Bertz CT molecular complexity index is 1150. The number of hydrogen-bond donors (Lipinski definition) is 2. The van der Waals surface area contributed by atoms with Crippen LogP contribution in [0.5, 0.6) is 5.75 Å². The first-order valence-corrected chi connectivity index (χ1v) is 11.1. The van der Waals surface area contributed by atoms with Crippen molar-refractivity contribution >= 4 is 17.4 Å². The summed E-state index contributed by atoms with van der Waals surface area (Å²) in [5.41, 5.74) is 3.83. The summed E-state index contributed by atoms with van der Waals surface area (Å²) in [5.74, 6) is 1.54. The lowest BCUT2D eigenvalue weighted by Gasteiger charge is -2.11. The van der Waals surface area contributed by atoms with Gasteiger partial charge in [0.15, 0.2) is 6.04 Å². The number of nitroso groups, excluding NO2 is 1. The summed E-state index contributed by atoms with van der Waals surface area (Å²) < 4.78 is 1.70. The van der Waals surface area contributed by atoms with E-state index in [0.29, 0.717) is 18.0 Å². The van der Waals surface area contributed by atoms with E-state index in [2.05, 4.69) is 10.5 Å². The summed E-state index contributed by atoms with van der Waals surface area (Å²) in [7, 11) is 0. The Morgan fingerprint density at radius 1 is 1.03 bits per heavy atom. The van der Waals surface area contributed by atoms with Crippen molar-refractivity contribution in [1.82, 2.24) is 4.98 Å². The number of aromatic nitrogens is 2. The van der Waals surface area contributed by atoms with Crippen molar-refractivity contribution < 1.29 is 14.5 Å². The minimum Gasteiger partial charge on any atom is -0.508 e. The molecule has 1 aromatic heterocycles. The molecule has 2 heterocycles. The Labute approximate surface area is 186 Å². The van der Waals surface area contributed by atoms with Crippen molar-refractivity contribution in [3.8, 4) is 17.0 Å². The molecular weight excluding hydrogens is 404 g/mol. The van der Waals surface area contributed by atoms with Gasteiger partial charge in [0.2, 0.25) is 0 Å². The Balaban J connectivity index is 1.48. The molecule has 2 N–H and O–H groups in total. The fraction of sp³-hybridized carbons (Fsp3) is 0.320. The topological polar surface area (TPSA) is 95.5 Å². The van der Waals surface area contributed by atoms with E-state index in [-0.39, 0.29) is 11.7 Å². The van der Waals surface area contributed by atoms with Crippen LogP contribution >= 0.6 is 0 Å². The second-order valence-electron chi connectivity index (χ2n) is 8.69. The van der Waals surface area contributed by atoms with E-state index in [1.807, 2.05) is 24.3 Å². The van der Waals surface area contributed by atoms with Crippen LogP contribution in [0.25, 0.3) is 11.3 Å². The smallest absolute Gasteiger partial charge is 0.359 e. The molecule has 162 valence electrons. The minimum atomic E-state index is -0.399. The molecule has 32 heavy (non-hydrogen) atoms. The molecule has 0 amide bonds. The first-order valence-electron chi connectivity index (χ1n) is 11.1. The van der Waals surface area contributed by atoms with Crippen LogP contribution < -0.4 is 9.88 Å². The molecule has 0 bridgehead atoms. The van der Waals surface area contributed by atoms with Crippen LogP contribution in [0.1, 0.15) is 41.7 Å². The summed E-state index contributed by atoms with van der Waals surface area (Å²) in [4.78, 5) is 28.9. The Morgan fingerprint density at radius 3 is 2.44 bits per heavy atom. The highest BCUT2D eigenvalue weighted by molar-refractivity contribution is 5.82. The molecule has 1 fully saturated rings. The van der Waals surface area contributed by atoms with Crippen molar-refractivity contribution in [3.63, 3.8) is 0 Å². The van der Waals surface area contributed by atoms with E-state index in [1.54, 1.807) is 35.0 Å². The fourth-order valence-electron chi connectivity index (χ4n) is 4.74. The molecule has 1 atom stereocenters. The molecule has 1 aliphatic carbocycles. The zero-order chi connectivity index (χ0) is 22.1. The lowest BCUT2D eigenvalue weighted by atomic mass is 10.0. The highest BCUT2D eigenvalue weighted by atomic mass is 16.3. The first-order chi connectivity index (χ1) is 15.6. The average molecular weight is 430 g/mol. The van der Waals surface area contributed by atoms with Crippen LogP contribution in [0.15, 0.2) is 59.9 Å². The third kappa shape index (κ3) is 3.98. The molecule has 1 unspecified atom stereocenters. The number of nitrogens with one attached hydrogen (secondary N) is 1. The maximum Gasteiger partial charge on any atom is 0.359 e. The number of aromatic hydroxyl groups is 1. The van der Waals surface area contributed by atoms with Gasteiger partial charge in [-0.2, -0.15) is 4.57 Å². The lowest BCUT2D eigenvalue weighted by molar-refractivity contribution is -0.552. The normalized spacial score (nSPS) is 17.9. The quantitative estimate of drug-likeness (QED) is 0.443. The number of hydrogen-bond acceptors (Lipinski definition) is 6. The van der Waals surface area contributed by atoms with Crippen LogP contribution in [0.3, 0.4) is 0 Å². The van der Waals surface area contributed by atoms with Gasteiger partial charge < -0.3 is 5.11 Å². The molecule has 0 radical (unpaired) electrons. The summed E-state index contributed by atoms with van der Waals surface area (Å²) in [6.07, 6.45) is 8.02. The summed E-state index contributed by atoms with van der Waals surface area (Å²) in [6.45, 7) is 0. The molecule has 2 aromatic carbocycles. The van der Waals surface area contributed by atoms with Crippen LogP contribution in [-0.2, 0) is 12.8 Å². The minimum absolute atomic E-state index is 0.0207. The zero-order valence-electron chi connectivity index (χ0n) is 17.7. The molecule has 0 saturated heterocycles. The second kappa shape index (κ2) is 8.49. The zero-order valence-corrected chi connectivity index (χ0v) is 17.7. The Kier molecular flexibility index (Phi) is 5.39. The summed E-state index contributed by atoms with van der Waals surface area (Å²) in [5, 5.41) is 16.0. The summed E-state index contributed by atoms with van der Waals surface area (Å²) >= 11 is 0. The third-order valence-corrected chi connectivity index (χ3v) is 6.47. The van der Waals surface area contributed by atoms with E-state index in [9.17, 15) is 14.8 Å². The molecule has 7 nitrogen and oxygen atoms in total. The van der Waals surface area contributed by atoms with Gasteiger partial charge in [-0.25, -0.2) is 9.78 Å². The predicted molar refractivity (Wildman–Crippen MR) is 121 cm³/mol. The summed E-state index contributed by atoms with van der Waals surface area (Å²) in [6, 6.07) is 13.5. The van der Waals surface area contributed by atoms with Gasteiger partial charge in [0.25, 0.3) is 0 Å². The highest BCUT2D eigenvalue weighted by Gasteiger charge is 2.41. The maximum atomic E-state index is 13.3. The molecule has 0 spiro atoms. The number of benzene rings is 2. The van der Waals surface area contributed by atoms with Gasteiger partial charge in [0, 0.05) is 18.4 Å². The largest absolute Gasteiger partial charge is 0.508 e. The SMILES string of the molecule is O=Nc1ccc(CC2Nc3c(CC4CCCC4)nc(-c4ccc(O)cc4)c[n+]3C2=O)cc1. The second-order valence-corrected chi connectivity index (χ2v) is 8.69. The fourth-order valence-corrected chi connectivity index (χ4v) is 4.74. The van der Waals surface area contributed by atoms with Crippen LogP contribution in [0.4, 0.5) is 11.5 Å². The van der Waals surface area contributed by atoms with E-state index in [1.165, 1.54) is 25.7 Å². The number of rotatable bonds is 6. The van der Waals surface area contributed by atoms with Crippen LogP contribution in [0, 0.1) is 10.8 Å². The van der Waals surface area contributed by atoms with Gasteiger partial charge in [-0.05, 0) is 53.1 Å². The standard InChI is InChI=1S/C25H24N4O3/c30-20-11-7-18(8-12-20)23-15-29-24(21(26-23)13-16-3-1-2-4-16)27-22(25(29)31)14-17-5-9-19(28-32)10-6-17/h5-12,15-16,22,30H,1-4,13-14H2/p+1. The molecule has 3 aromatic rings. The molecule has 1 saturated carbocycles. The number of nitrogens with zero attached hydrogens (tertiary/aromatic N) is 3. The molecule has 1 aliphatic heterocycles. The van der Waals surface area contributed by atoms with E-state index in [4.69, 9.17) is 4.98 Å². The van der Waals surface area contributed by atoms with Crippen molar-refractivity contribution in [1.29, 1.82) is 0 Å². The van der Waals surface area contributed by atoms with Gasteiger partial charge in [-0.1, -0.05) is 37.8 Å². The molecule has 5 rings (SSSR count). The van der Waals surface area contributed by atoms with E-state index >= 15 is 0 Å². The monoisotopic (exact) mass is 429 g/mol. The molecule has 2 aliphatic rings. The Hall–Kier alpha value is -3.61. The van der Waals surface area contributed by atoms with Crippen molar-refractivity contribution in [2.24, 2.45) is 11.1 Å². The maximum absolute atomic E-state index is 13.3. The van der Waals surface area contributed by atoms with Crippen LogP contribution in [-0.4, -0.2) is 22.0 Å². The number of phenols is 1. The number of carbonyl (C=O) groups is 1. The van der Waals surface area contributed by atoms with Gasteiger partial charge in [0.1, 0.15) is 29.0 Å². The van der Waals surface area contributed by atoms with Crippen LogP contribution in [0.2, 0.25) is 0 Å². The van der Waals surface area contributed by atoms with Gasteiger partial charge in [-0.3, -0.25) is 5.32 Å². The lowest BCUT2D eigenvalue weighted by Crippen LogP contribution is -2.44. The third-order valence-electron chi connectivity index (χ3n) is 6.47. The number of fused-ring (bicyclic) bond motifs is 1. The van der Waals surface area contributed by atoms with E-state index in [0.717, 1.165) is 34.8 Å². The van der Waals surface area contributed by atoms with Crippen molar-refractivity contribution in [3.05, 3.63) is 70.9 Å². The molecule has 7 heteroatoms. The van der Waals surface area contributed by atoms with Gasteiger partial charge in [-0.15, -0.1) is 4.91 Å². The van der Waals surface area contributed by atoms with E-state index < -0.39 is 6.04 Å². The Morgan fingerprint density at radius 2 is 1.75 bits per heavy atom.